The Bertz CT molecular complexity index is 1010. The Morgan fingerprint density at radius 2 is 1.22 bits per heavy atom. The van der Waals surface area contributed by atoms with Crippen molar-refractivity contribution >= 4 is 11.4 Å². The molecule has 2 aromatic carbocycles. The second kappa shape index (κ2) is 16.8. The maximum absolute atomic E-state index is 11.6. The molecule has 2 aromatic rings. The predicted octanol–water partition coefficient (Wildman–Crippen LogP) is 10.7. The van der Waals surface area contributed by atoms with E-state index in [0.29, 0.717) is 0 Å². The van der Waals surface area contributed by atoms with Crippen molar-refractivity contribution in [2.45, 2.75) is 109 Å². The summed E-state index contributed by atoms with van der Waals surface area (Å²) < 4.78 is 1.50. The van der Waals surface area contributed by atoms with Crippen LogP contribution in [0, 0.1) is 0 Å². The summed E-state index contributed by atoms with van der Waals surface area (Å²) in [6.07, 6.45) is 12.6. The third kappa shape index (κ3) is 8.36. The van der Waals surface area contributed by atoms with Crippen molar-refractivity contribution < 1.29 is 22.7 Å². The fourth-order valence-electron chi connectivity index (χ4n) is 4.91. The molecule has 0 aliphatic carbocycles. The third-order valence-electron chi connectivity index (χ3n) is 6.81. The summed E-state index contributed by atoms with van der Waals surface area (Å²) in [7, 11) is 0. The van der Waals surface area contributed by atoms with Crippen LogP contribution in [0.3, 0.4) is 0 Å². The molecule has 200 valence electrons. The monoisotopic (exact) mass is 578 g/mol. The minimum absolute atomic E-state index is 0.919. The van der Waals surface area contributed by atoms with Gasteiger partial charge in [0.15, 0.2) is 0 Å². The van der Waals surface area contributed by atoms with Crippen LogP contribution in [0.15, 0.2) is 59.7 Å². The quantitative estimate of drug-likeness (QED) is 0.128. The molecule has 1 aliphatic rings. The molecule has 0 fully saturated rings. The van der Waals surface area contributed by atoms with Crippen LogP contribution in [-0.4, -0.2) is 4.70 Å². The van der Waals surface area contributed by atoms with Gasteiger partial charge in [-0.25, -0.2) is 4.70 Å². The van der Waals surface area contributed by atoms with E-state index in [9.17, 15) is 5.53 Å². The number of rotatable bonds is 13. The molecule has 0 bridgehead atoms. The summed E-state index contributed by atoms with van der Waals surface area (Å²) in [5.41, 5.74) is 21.1. The van der Waals surface area contributed by atoms with Gasteiger partial charge >= 0.3 is 28.8 Å². The SMILES string of the molecule is CCCCCc1cccc(C2=C(CCCC)C(CC)=C(c3ccc(CCCC)cc3)[N+]2=[N-])c1.[CH3][Pd][CH3]. The van der Waals surface area contributed by atoms with Crippen molar-refractivity contribution in [2.75, 3.05) is 0 Å². The van der Waals surface area contributed by atoms with Crippen molar-refractivity contribution in [3.63, 3.8) is 0 Å². The van der Waals surface area contributed by atoms with Crippen LogP contribution >= 0.6 is 0 Å². The number of unbranched alkanes of at least 4 members (excludes halogenated alkanes) is 4. The van der Waals surface area contributed by atoms with Crippen molar-refractivity contribution in [3.05, 3.63) is 87.5 Å². The van der Waals surface area contributed by atoms with Gasteiger partial charge in [0.2, 0.25) is 11.4 Å². The molecular formula is C33H48N2Pd. The second-order valence-corrected chi connectivity index (χ2v) is 11.3. The molecule has 0 saturated carbocycles. The summed E-state index contributed by atoms with van der Waals surface area (Å²) in [6.45, 7) is 8.94. The maximum atomic E-state index is 11.6. The van der Waals surface area contributed by atoms with E-state index in [0.717, 1.165) is 79.0 Å². The molecule has 0 atom stereocenters. The molecule has 1 aliphatic heterocycles. The topological polar surface area (TPSA) is 25.3 Å². The molecule has 0 amide bonds. The first kappa shape index (κ1) is 30.4. The van der Waals surface area contributed by atoms with Gasteiger partial charge in [-0.3, -0.25) is 0 Å². The zero-order chi connectivity index (χ0) is 26.3. The average molecular weight is 579 g/mol. The molecule has 0 unspecified atom stereocenters. The zero-order valence-electron chi connectivity index (χ0n) is 23.6. The van der Waals surface area contributed by atoms with Crippen molar-refractivity contribution in [2.24, 2.45) is 0 Å². The summed E-state index contributed by atoms with van der Waals surface area (Å²) >= 11 is 0.950. The third-order valence-corrected chi connectivity index (χ3v) is 6.81. The van der Waals surface area contributed by atoms with Crippen LogP contribution in [0.1, 0.15) is 108 Å². The molecular weight excluding hydrogens is 531 g/mol. The normalized spacial score (nSPS) is 13.4. The van der Waals surface area contributed by atoms with Gasteiger partial charge in [-0.1, -0.05) is 77.6 Å². The molecule has 0 saturated heterocycles. The Morgan fingerprint density at radius 3 is 1.83 bits per heavy atom. The van der Waals surface area contributed by atoms with Crippen molar-refractivity contribution in [3.8, 4) is 0 Å². The Balaban J connectivity index is 0.00000145. The van der Waals surface area contributed by atoms with Gasteiger partial charge < -0.3 is 5.53 Å². The van der Waals surface area contributed by atoms with Crippen molar-refractivity contribution in [1.82, 2.24) is 0 Å². The number of hydrogen-bond donors (Lipinski definition) is 0. The van der Waals surface area contributed by atoms with Crippen LogP contribution in [-0.2, 0) is 30.8 Å². The first-order chi connectivity index (χ1) is 17.6. The van der Waals surface area contributed by atoms with E-state index in [1.165, 1.54) is 59.1 Å². The summed E-state index contributed by atoms with van der Waals surface area (Å²) in [4.78, 5) is 0. The van der Waals surface area contributed by atoms with E-state index in [1.807, 2.05) is 0 Å². The van der Waals surface area contributed by atoms with E-state index in [1.54, 1.807) is 0 Å². The summed E-state index contributed by atoms with van der Waals surface area (Å²) in [5, 5.41) is 4.35. The summed E-state index contributed by atoms with van der Waals surface area (Å²) in [6, 6.07) is 17.7. The number of benzene rings is 2. The molecule has 36 heavy (non-hydrogen) atoms. The Hall–Kier alpha value is -1.82. The molecule has 0 radical (unpaired) electrons. The molecule has 3 rings (SSSR count). The molecule has 1 heterocycles. The zero-order valence-corrected chi connectivity index (χ0v) is 25.2. The number of aryl methyl sites for hydroxylation is 2. The van der Waals surface area contributed by atoms with Crippen LogP contribution in [0.5, 0.6) is 0 Å². The minimum atomic E-state index is 0.919. The van der Waals surface area contributed by atoms with Gasteiger partial charge in [0, 0.05) is 22.3 Å². The molecule has 2 nitrogen and oxygen atoms in total. The molecule has 0 aromatic heterocycles. The second-order valence-electron chi connectivity index (χ2n) is 9.70. The molecule has 0 spiro atoms. The van der Waals surface area contributed by atoms with Gasteiger partial charge in [0.1, 0.15) is 0 Å². The van der Waals surface area contributed by atoms with Crippen LogP contribution in [0.25, 0.3) is 16.9 Å². The number of hydrogen-bond acceptors (Lipinski definition) is 0. The van der Waals surface area contributed by atoms with Gasteiger partial charge in [0.25, 0.3) is 0 Å². The predicted molar refractivity (Wildman–Crippen MR) is 154 cm³/mol. The van der Waals surface area contributed by atoms with E-state index >= 15 is 0 Å². The van der Waals surface area contributed by atoms with Crippen molar-refractivity contribution in [1.29, 1.82) is 0 Å². The number of allylic oxidation sites excluding steroid dienone is 2. The fraction of sp³-hybridized carbons (Fsp3) is 0.515. The fourth-order valence-corrected chi connectivity index (χ4v) is 4.91. The van der Waals surface area contributed by atoms with Crippen LogP contribution in [0.4, 0.5) is 0 Å². The van der Waals surface area contributed by atoms with Gasteiger partial charge in [-0.05, 0) is 80.3 Å². The van der Waals surface area contributed by atoms with Gasteiger partial charge in [-0.2, -0.15) is 0 Å². The van der Waals surface area contributed by atoms with E-state index in [-0.39, 0.29) is 0 Å². The molecule has 3 heteroatoms. The van der Waals surface area contributed by atoms with E-state index in [2.05, 4.69) is 87.0 Å². The molecule has 0 N–H and O–H groups in total. The first-order valence-corrected chi connectivity index (χ1v) is 17.0. The first-order valence-electron chi connectivity index (χ1n) is 13.9. The van der Waals surface area contributed by atoms with E-state index in [4.69, 9.17) is 0 Å². The van der Waals surface area contributed by atoms with Gasteiger partial charge in [-0.15, -0.1) is 0 Å². The Kier molecular flexibility index (Phi) is 14.2. The van der Waals surface area contributed by atoms with Crippen LogP contribution in [0.2, 0.25) is 10.8 Å². The average Bonchev–Trinajstić information content (AvgIpc) is 3.18. The van der Waals surface area contributed by atoms with Crippen LogP contribution < -0.4 is 0 Å². The number of nitrogens with zero attached hydrogens (tertiary/aromatic N) is 2. The summed E-state index contributed by atoms with van der Waals surface area (Å²) in [5.74, 6) is 0. The standard InChI is InChI=1S/C31H42N2.2CH3.Pd/c1-5-9-12-15-25-16-13-17-27(23-25)31-29(18-11-7-3)28(8-4)30(33(31)32)26-21-19-24(20-22-26)14-10-6-2;;;/h13,16-17,19-23H,5-12,14-15,18H2,1-4H3;2*1H3;. The Morgan fingerprint density at radius 1 is 0.639 bits per heavy atom. The van der Waals surface area contributed by atoms with E-state index < -0.39 is 0 Å². The Labute approximate surface area is 230 Å². The van der Waals surface area contributed by atoms with Gasteiger partial charge in [0.05, 0.1) is 0 Å².